The van der Waals surface area contributed by atoms with Gasteiger partial charge in [-0.1, -0.05) is 6.07 Å². The highest BCUT2D eigenvalue weighted by Gasteiger charge is 2.36. The first-order chi connectivity index (χ1) is 6.22. The molecule has 0 aromatic heterocycles. The molecule has 1 aliphatic rings. The maximum absolute atomic E-state index is 13.4. The molecule has 2 rings (SSSR count). The molecule has 2 N–H and O–H groups in total. The minimum Gasteiger partial charge on any atom is -0.497 e. The topological polar surface area (TPSA) is 35.2 Å². The quantitative estimate of drug-likeness (QED) is 0.752. The van der Waals surface area contributed by atoms with Gasteiger partial charge < -0.3 is 10.5 Å². The first kappa shape index (κ1) is 8.51. The van der Waals surface area contributed by atoms with Gasteiger partial charge in [0, 0.05) is 18.0 Å². The van der Waals surface area contributed by atoms with Crippen LogP contribution in [0.4, 0.5) is 4.39 Å². The Bertz CT molecular complexity index is 327. The van der Waals surface area contributed by atoms with E-state index >= 15 is 0 Å². The van der Waals surface area contributed by atoms with Crippen LogP contribution in [0, 0.1) is 5.82 Å². The minimum atomic E-state index is -0.211. The van der Waals surface area contributed by atoms with Crippen molar-refractivity contribution in [1.29, 1.82) is 0 Å². The molecule has 3 heteroatoms. The van der Waals surface area contributed by atoms with Crippen LogP contribution in [0.1, 0.15) is 17.9 Å². The largest absolute Gasteiger partial charge is 0.497 e. The molecule has 2 unspecified atom stereocenters. The summed E-state index contributed by atoms with van der Waals surface area (Å²) in [5.74, 6) is 0.554. The van der Waals surface area contributed by atoms with Gasteiger partial charge >= 0.3 is 0 Å². The highest BCUT2D eigenvalue weighted by atomic mass is 19.1. The van der Waals surface area contributed by atoms with Gasteiger partial charge in [-0.25, -0.2) is 4.39 Å². The van der Waals surface area contributed by atoms with Gasteiger partial charge in [0.15, 0.2) is 0 Å². The second-order valence-electron chi connectivity index (χ2n) is 3.39. The van der Waals surface area contributed by atoms with E-state index in [0.717, 1.165) is 6.42 Å². The van der Waals surface area contributed by atoms with E-state index in [1.165, 1.54) is 13.2 Å². The van der Waals surface area contributed by atoms with E-state index in [0.29, 0.717) is 11.3 Å². The van der Waals surface area contributed by atoms with Crippen molar-refractivity contribution >= 4 is 0 Å². The van der Waals surface area contributed by atoms with Gasteiger partial charge in [-0.2, -0.15) is 0 Å². The Morgan fingerprint density at radius 2 is 2.23 bits per heavy atom. The maximum atomic E-state index is 13.4. The molecule has 1 fully saturated rings. The summed E-state index contributed by atoms with van der Waals surface area (Å²) in [6, 6.07) is 5.07. The third kappa shape index (κ3) is 1.52. The number of methoxy groups -OCH3 is 1. The molecule has 70 valence electrons. The molecule has 1 aliphatic carbocycles. The first-order valence-corrected chi connectivity index (χ1v) is 4.31. The molecular formula is C10H12FNO. The SMILES string of the molecule is COc1ccc(C2CC2N)c(F)c1. The second-order valence-corrected chi connectivity index (χ2v) is 3.39. The van der Waals surface area contributed by atoms with Crippen LogP contribution in [0.2, 0.25) is 0 Å². The van der Waals surface area contributed by atoms with Gasteiger partial charge in [-0.05, 0) is 18.1 Å². The summed E-state index contributed by atoms with van der Waals surface area (Å²) in [5, 5.41) is 0. The van der Waals surface area contributed by atoms with Crippen molar-refractivity contribution in [1.82, 2.24) is 0 Å². The Balaban J connectivity index is 2.27. The van der Waals surface area contributed by atoms with Gasteiger partial charge in [-0.15, -0.1) is 0 Å². The van der Waals surface area contributed by atoms with Crippen LogP contribution in [0.5, 0.6) is 5.75 Å². The summed E-state index contributed by atoms with van der Waals surface area (Å²) >= 11 is 0. The fourth-order valence-electron chi connectivity index (χ4n) is 1.51. The van der Waals surface area contributed by atoms with E-state index < -0.39 is 0 Å². The normalized spacial score (nSPS) is 25.8. The fraction of sp³-hybridized carbons (Fsp3) is 0.400. The molecule has 0 saturated heterocycles. The average molecular weight is 181 g/mol. The number of benzene rings is 1. The summed E-state index contributed by atoms with van der Waals surface area (Å²) in [6.07, 6.45) is 0.892. The van der Waals surface area contributed by atoms with Crippen molar-refractivity contribution in [2.45, 2.75) is 18.4 Å². The Kier molecular flexibility index (Phi) is 1.96. The third-order valence-electron chi connectivity index (χ3n) is 2.45. The van der Waals surface area contributed by atoms with Gasteiger partial charge in [0.1, 0.15) is 11.6 Å². The molecule has 13 heavy (non-hydrogen) atoms. The van der Waals surface area contributed by atoms with E-state index in [2.05, 4.69) is 0 Å². The number of ether oxygens (including phenoxy) is 1. The van der Waals surface area contributed by atoms with Gasteiger partial charge in [0.05, 0.1) is 7.11 Å². The number of hydrogen-bond donors (Lipinski definition) is 1. The van der Waals surface area contributed by atoms with Crippen LogP contribution in [0.3, 0.4) is 0 Å². The zero-order valence-electron chi connectivity index (χ0n) is 7.46. The Hall–Kier alpha value is -1.09. The van der Waals surface area contributed by atoms with E-state index in [1.54, 1.807) is 12.1 Å². The fourth-order valence-corrected chi connectivity index (χ4v) is 1.51. The monoisotopic (exact) mass is 181 g/mol. The van der Waals surface area contributed by atoms with Crippen molar-refractivity contribution in [3.05, 3.63) is 29.6 Å². The molecule has 0 spiro atoms. The smallest absolute Gasteiger partial charge is 0.130 e. The molecule has 1 aromatic rings. The summed E-state index contributed by atoms with van der Waals surface area (Å²) in [6.45, 7) is 0. The first-order valence-electron chi connectivity index (χ1n) is 4.31. The highest BCUT2D eigenvalue weighted by molar-refractivity contribution is 5.34. The van der Waals surface area contributed by atoms with Crippen LogP contribution in [-0.4, -0.2) is 13.2 Å². The van der Waals surface area contributed by atoms with Crippen LogP contribution in [-0.2, 0) is 0 Å². The number of rotatable bonds is 2. The van der Waals surface area contributed by atoms with E-state index in [9.17, 15) is 4.39 Å². The third-order valence-corrected chi connectivity index (χ3v) is 2.45. The van der Waals surface area contributed by atoms with Crippen LogP contribution < -0.4 is 10.5 Å². The van der Waals surface area contributed by atoms with Crippen LogP contribution in [0.15, 0.2) is 18.2 Å². The lowest BCUT2D eigenvalue weighted by molar-refractivity contribution is 0.410. The lowest BCUT2D eigenvalue weighted by Gasteiger charge is -2.03. The van der Waals surface area contributed by atoms with Gasteiger partial charge in [0.25, 0.3) is 0 Å². The van der Waals surface area contributed by atoms with Crippen molar-refractivity contribution in [3.8, 4) is 5.75 Å². The second kappa shape index (κ2) is 3.00. The number of nitrogens with two attached hydrogens (primary N) is 1. The maximum Gasteiger partial charge on any atom is 0.130 e. The molecule has 2 atom stereocenters. The molecule has 0 amide bonds. The lowest BCUT2D eigenvalue weighted by atomic mass is 10.1. The molecular weight excluding hydrogens is 169 g/mol. The Morgan fingerprint density at radius 3 is 2.69 bits per heavy atom. The molecule has 2 nitrogen and oxygen atoms in total. The number of hydrogen-bond acceptors (Lipinski definition) is 2. The van der Waals surface area contributed by atoms with Crippen molar-refractivity contribution in [2.24, 2.45) is 5.73 Å². The van der Waals surface area contributed by atoms with E-state index in [4.69, 9.17) is 10.5 Å². The van der Waals surface area contributed by atoms with Crippen LogP contribution >= 0.6 is 0 Å². The Morgan fingerprint density at radius 1 is 1.54 bits per heavy atom. The summed E-state index contributed by atoms with van der Waals surface area (Å²) < 4.78 is 18.3. The molecule has 1 saturated carbocycles. The van der Waals surface area contributed by atoms with Crippen molar-refractivity contribution in [3.63, 3.8) is 0 Å². The average Bonchev–Trinajstić information content (AvgIpc) is 2.82. The summed E-state index contributed by atoms with van der Waals surface area (Å²) in [4.78, 5) is 0. The molecule has 0 bridgehead atoms. The molecule has 1 aromatic carbocycles. The summed E-state index contributed by atoms with van der Waals surface area (Å²) in [7, 11) is 1.53. The zero-order chi connectivity index (χ0) is 9.42. The van der Waals surface area contributed by atoms with Gasteiger partial charge in [-0.3, -0.25) is 0 Å². The molecule has 0 aliphatic heterocycles. The van der Waals surface area contributed by atoms with Crippen LogP contribution in [0.25, 0.3) is 0 Å². The standard InChI is InChI=1S/C10H12FNO/c1-13-6-2-3-7(9(11)4-6)8-5-10(8)12/h2-4,8,10H,5,12H2,1H3. The highest BCUT2D eigenvalue weighted by Crippen LogP contribution is 2.40. The Labute approximate surface area is 76.5 Å². The minimum absolute atomic E-state index is 0.142. The van der Waals surface area contributed by atoms with Crippen molar-refractivity contribution in [2.75, 3.05) is 7.11 Å². The predicted molar refractivity (Wildman–Crippen MR) is 48.3 cm³/mol. The van der Waals surface area contributed by atoms with E-state index in [-0.39, 0.29) is 17.8 Å². The zero-order valence-corrected chi connectivity index (χ0v) is 7.46. The van der Waals surface area contributed by atoms with E-state index in [1.807, 2.05) is 0 Å². The number of halogens is 1. The molecule has 0 radical (unpaired) electrons. The van der Waals surface area contributed by atoms with Gasteiger partial charge in [0.2, 0.25) is 0 Å². The molecule has 0 heterocycles. The lowest BCUT2D eigenvalue weighted by Crippen LogP contribution is -2.02. The summed E-state index contributed by atoms with van der Waals surface area (Å²) in [5.41, 5.74) is 6.36. The van der Waals surface area contributed by atoms with Crippen molar-refractivity contribution < 1.29 is 9.13 Å². The predicted octanol–water partition coefficient (Wildman–Crippen LogP) is 1.65.